The Morgan fingerprint density at radius 2 is 1.91 bits per heavy atom. The summed E-state index contributed by atoms with van der Waals surface area (Å²) in [7, 11) is 2.00. The number of halogens is 1. The van der Waals surface area contributed by atoms with Gasteiger partial charge in [-0.1, -0.05) is 57.0 Å². The molecule has 2 heterocycles. The van der Waals surface area contributed by atoms with Gasteiger partial charge in [0.25, 0.3) is 0 Å². The number of aromatic nitrogens is 1. The molecule has 1 aromatic heterocycles. The largest absolute Gasteiger partial charge is 0.370 e. The van der Waals surface area contributed by atoms with Gasteiger partial charge in [0.05, 0.1) is 11.2 Å². The Balaban J connectivity index is 1.73. The van der Waals surface area contributed by atoms with Crippen molar-refractivity contribution in [3.05, 3.63) is 72.1 Å². The molecule has 1 N–H and O–H groups in total. The number of anilines is 1. The Morgan fingerprint density at radius 1 is 1.11 bits per heavy atom. The summed E-state index contributed by atoms with van der Waals surface area (Å²) in [4.78, 5) is 7.44. The summed E-state index contributed by atoms with van der Waals surface area (Å²) in [5, 5.41) is 4.18. The molecule has 1 aliphatic heterocycles. The average Bonchev–Trinajstić information content (AvgIpc) is 3.30. The molecule has 0 radical (unpaired) electrons. The van der Waals surface area contributed by atoms with Gasteiger partial charge in [0.2, 0.25) is 0 Å². The van der Waals surface area contributed by atoms with E-state index in [-0.39, 0.29) is 5.82 Å². The number of benzene rings is 2. The van der Waals surface area contributed by atoms with Gasteiger partial charge in [-0.15, -0.1) is 6.58 Å². The second-order valence-electron chi connectivity index (χ2n) is 9.95. The van der Waals surface area contributed by atoms with Crippen LogP contribution < -0.4 is 10.2 Å². The van der Waals surface area contributed by atoms with E-state index in [1.807, 2.05) is 20.0 Å². The second-order valence-corrected chi connectivity index (χ2v) is 9.95. The van der Waals surface area contributed by atoms with Crippen LogP contribution in [0.15, 0.2) is 55.1 Å². The van der Waals surface area contributed by atoms with E-state index in [0.717, 1.165) is 65.9 Å². The standard InChI is InChI=1S/C31H40FN3/c1-5-8-9-10-22-11-13-25(14-12-22)29-19-31(27-18-28(32)23(6-2)17-30(27)34-29)35-20-24(7-3)26(21-35)15-16-33-4/h7,11-14,17-19,24,26,33H,3,5-6,8-10,15-16,20-21H2,1-2,4H3. The molecule has 4 heteroatoms. The van der Waals surface area contributed by atoms with E-state index in [1.54, 1.807) is 6.07 Å². The quantitative estimate of drug-likeness (QED) is 0.236. The first-order valence-corrected chi connectivity index (χ1v) is 13.3. The van der Waals surface area contributed by atoms with Crippen LogP contribution in [0, 0.1) is 17.7 Å². The lowest BCUT2D eigenvalue weighted by Crippen LogP contribution is -2.21. The first-order valence-electron chi connectivity index (χ1n) is 13.3. The molecular formula is C31H40FN3. The van der Waals surface area contributed by atoms with Crippen LogP contribution in [-0.2, 0) is 12.8 Å². The van der Waals surface area contributed by atoms with Gasteiger partial charge in [0, 0.05) is 29.7 Å². The Morgan fingerprint density at radius 3 is 2.60 bits per heavy atom. The summed E-state index contributed by atoms with van der Waals surface area (Å²) in [6, 6.07) is 14.6. The van der Waals surface area contributed by atoms with Gasteiger partial charge in [-0.05, 0) is 80.4 Å². The number of fused-ring (bicyclic) bond motifs is 1. The number of unbranched alkanes of at least 4 members (excludes halogenated alkanes) is 2. The van der Waals surface area contributed by atoms with Gasteiger partial charge in [-0.25, -0.2) is 9.37 Å². The number of nitrogens with one attached hydrogen (secondary N) is 1. The zero-order chi connectivity index (χ0) is 24.8. The molecule has 186 valence electrons. The van der Waals surface area contributed by atoms with E-state index in [9.17, 15) is 4.39 Å². The maximum atomic E-state index is 14.9. The van der Waals surface area contributed by atoms with Gasteiger partial charge in [-0.2, -0.15) is 0 Å². The first-order chi connectivity index (χ1) is 17.1. The minimum atomic E-state index is -0.140. The van der Waals surface area contributed by atoms with Crippen molar-refractivity contribution in [3.63, 3.8) is 0 Å². The van der Waals surface area contributed by atoms with Crippen LogP contribution in [0.25, 0.3) is 22.2 Å². The molecule has 0 bridgehead atoms. The number of pyridine rings is 1. The van der Waals surface area contributed by atoms with Crippen LogP contribution in [0.1, 0.15) is 50.7 Å². The predicted molar refractivity (Wildman–Crippen MR) is 148 cm³/mol. The van der Waals surface area contributed by atoms with E-state index >= 15 is 0 Å². The topological polar surface area (TPSA) is 28.2 Å². The zero-order valence-electron chi connectivity index (χ0n) is 21.6. The third-order valence-corrected chi connectivity index (χ3v) is 7.55. The number of hydrogen-bond acceptors (Lipinski definition) is 3. The summed E-state index contributed by atoms with van der Waals surface area (Å²) >= 11 is 0. The van der Waals surface area contributed by atoms with Gasteiger partial charge >= 0.3 is 0 Å². The van der Waals surface area contributed by atoms with Crippen molar-refractivity contribution < 1.29 is 4.39 Å². The van der Waals surface area contributed by atoms with Gasteiger partial charge in [0.1, 0.15) is 5.82 Å². The van der Waals surface area contributed by atoms with E-state index < -0.39 is 0 Å². The number of aryl methyl sites for hydroxylation is 2. The van der Waals surface area contributed by atoms with Gasteiger partial charge < -0.3 is 10.2 Å². The molecule has 3 nitrogen and oxygen atoms in total. The van der Waals surface area contributed by atoms with Crippen molar-refractivity contribution >= 4 is 16.6 Å². The summed E-state index contributed by atoms with van der Waals surface area (Å²) in [6.45, 7) is 11.2. The second kappa shape index (κ2) is 11.8. The highest BCUT2D eigenvalue weighted by atomic mass is 19.1. The minimum absolute atomic E-state index is 0.140. The molecule has 2 unspecified atom stereocenters. The lowest BCUT2D eigenvalue weighted by atomic mass is 9.93. The molecule has 0 aliphatic carbocycles. The molecule has 0 saturated carbocycles. The van der Waals surface area contributed by atoms with Crippen molar-refractivity contribution in [2.24, 2.45) is 11.8 Å². The highest BCUT2D eigenvalue weighted by Crippen LogP contribution is 2.37. The first kappa shape index (κ1) is 25.4. The SMILES string of the molecule is C=CC1CN(c2cc(-c3ccc(CCCCC)cc3)nc3cc(CC)c(F)cc23)CC1CCNC. The summed E-state index contributed by atoms with van der Waals surface area (Å²) < 4.78 is 14.9. The molecule has 4 rings (SSSR count). The minimum Gasteiger partial charge on any atom is -0.370 e. The average molecular weight is 474 g/mol. The highest BCUT2D eigenvalue weighted by molar-refractivity contribution is 5.95. The highest BCUT2D eigenvalue weighted by Gasteiger charge is 2.31. The molecule has 2 atom stereocenters. The predicted octanol–water partition coefficient (Wildman–Crippen LogP) is 7.18. The lowest BCUT2D eigenvalue weighted by Gasteiger charge is -2.22. The fraction of sp³-hybridized carbons (Fsp3) is 0.452. The molecule has 0 amide bonds. The van der Waals surface area contributed by atoms with E-state index in [4.69, 9.17) is 4.98 Å². The van der Waals surface area contributed by atoms with Crippen molar-refractivity contribution in [2.75, 3.05) is 31.6 Å². The molecule has 0 spiro atoms. The fourth-order valence-electron chi connectivity index (χ4n) is 5.37. The van der Waals surface area contributed by atoms with Crippen LogP contribution in [0.3, 0.4) is 0 Å². The molecule has 1 fully saturated rings. The zero-order valence-corrected chi connectivity index (χ0v) is 21.6. The smallest absolute Gasteiger partial charge is 0.127 e. The third kappa shape index (κ3) is 5.75. The van der Waals surface area contributed by atoms with Crippen molar-refractivity contribution in [1.29, 1.82) is 0 Å². The molecule has 1 saturated heterocycles. The van der Waals surface area contributed by atoms with Crippen LogP contribution in [0.2, 0.25) is 0 Å². The van der Waals surface area contributed by atoms with Crippen molar-refractivity contribution in [1.82, 2.24) is 10.3 Å². The monoisotopic (exact) mass is 473 g/mol. The molecule has 1 aliphatic rings. The maximum Gasteiger partial charge on any atom is 0.127 e. The van der Waals surface area contributed by atoms with E-state index in [0.29, 0.717) is 18.3 Å². The van der Waals surface area contributed by atoms with Gasteiger partial charge in [0.15, 0.2) is 0 Å². The van der Waals surface area contributed by atoms with E-state index in [1.165, 1.54) is 24.8 Å². The van der Waals surface area contributed by atoms with E-state index in [2.05, 4.69) is 60.1 Å². The number of nitrogens with zero attached hydrogens (tertiary/aromatic N) is 2. The normalized spacial score (nSPS) is 17.9. The molecule has 2 aromatic carbocycles. The van der Waals surface area contributed by atoms with Crippen molar-refractivity contribution in [2.45, 2.75) is 52.4 Å². The van der Waals surface area contributed by atoms with Crippen LogP contribution >= 0.6 is 0 Å². The van der Waals surface area contributed by atoms with Crippen molar-refractivity contribution in [3.8, 4) is 11.3 Å². The van der Waals surface area contributed by atoms with Crippen LogP contribution in [0.5, 0.6) is 0 Å². The van der Waals surface area contributed by atoms with Crippen LogP contribution in [0.4, 0.5) is 10.1 Å². The third-order valence-electron chi connectivity index (χ3n) is 7.55. The Kier molecular flexibility index (Phi) is 8.56. The molecule has 3 aromatic rings. The molecular weight excluding hydrogens is 433 g/mol. The summed E-state index contributed by atoms with van der Waals surface area (Å²) in [6.07, 6.45) is 8.71. The molecule has 35 heavy (non-hydrogen) atoms. The fourth-order valence-corrected chi connectivity index (χ4v) is 5.37. The maximum absolute atomic E-state index is 14.9. The number of hydrogen-bond donors (Lipinski definition) is 1. The lowest BCUT2D eigenvalue weighted by molar-refractivity contribution is 0.450. The van der Waals surface area contributed by atoms with Gasteiger partial charge in [-0.3, -0.25) is 0 Å². The number of rotatable bonds is 11. The Labute approximate surface area is 210 Å². The Hall–Kier alpha value is -2.72. The Bertz CT molecular complexity index is 1140. The summed E-state index contributed by atoms with van der Waals surface area (Å²) in [5.74, 6) is 0.824. The van der Waals surface area contributed by atoms with Crippen LogP contribution in [-0.4, -0.2) is 31.7 Å². The summed E-state index contributed by atoms with van der Waals surface area (Å²) in [5.41, 5.74) is 6.11.